The maximum atomic E-state index is 12.6. The molecule has 10 heteroatoms. The number of nitrogens with one attached hydrogen (secondary N) is 2. The third-order valence-corrected chi connectivity index (χ3v) is 5.86. The zero-order valence-corrected chi connectivity index (χ0v) is 15.0. The lowest BCUT2D eigenvalue weighted by Crippen LogP contribution is -2.36. The Morgan fingerprint density at radius 2 is 2.04 bits per heavy atom. The van der Waals surface area contributed by atoms with E-state index in [1.54, 1.807) is 0 Å². The number of rotatable bonds is 4. The summed E-state index contributed by atoms with van der Waals surface area (Å²) in [6, 6.07) is 6.93. The van der Waals surface area contributed by atoms with Crippen LogP contribution in [0.15, 0.2) is 29.1 Å². The first-order chi connectivity index (χ1) is 13.0. The molecule has 0 aliphatic heterocycles. The number of nitrogens with zero attached hydrogens (tertiary/aromatic N) is 2. The average molecular weight is 389 g/mol. The normalized spacial score (nSPS) is 25.1. The summed E-state index contributed by atoms with van der Waals surface area (Å²) in [5.41, 5.74) is 6.23. The molecule has 1 saturated carbocycles. The van der Waals surface area contributed by atoms with Crippen LogP contribution in [-0.2, 0) is 0 Å². The lowest BCUT2D eigenvalue weighted by atomic mass is 10.1. The fraction of sp³-hybridized carbons (Fsp3) is 0.353. The molecule has 1 aliphatic rings. The minimum Gasteiger partial charge on any atom is -0.396 e. The molecule has 2 heterocycles. The average Bonchev–Trinajstić information content (AvgIpc) is 3.17. The van der Waals surface area contributed by atoms with Crippen molar-refractivity contribution < 1.29 is 15.3 Å². The molecule has 27 heavy (non-hydrogen) atoms. The molecule has 1 aromatic carbocycles. The standard InChI is InChI=1S/C17H19N5O4S/c18-17-21-14(19-9-5-7(6-23)12(24)13(9)25)11(15(26)22-17)16-20-8-3-1-2-4-10(8)27-16/h1-4,7,9,12-13,23-25H,5-6H2,(H4,18,19,21,22,26)/t7-,9-,12-,13+/m1/s1. The topological polar surface area (TPSA) is 157 Å². The highest BCUT2D eigenvalue weighted by molar-refractivity contribution is 7.21. The molecule has 0 saturated heterocycles. The predicted molar refractivity (Wildman–Crippen MR) is 103 cm³/mol. The number of nitrogen functional groups attached to an aromatic ring is 1. The van der Waals surface area contributed by atoms with Crippen molar-refractivity contribution in [3.8, 4) is 10.6 Å². The largest absolute Gasteiger partial charge is 0.396 e. The molecule has 4 rings (SSSR count). The molecule has 0 spiro atoms. The maximum absolute atomic E-state index is 12.6. The molecule has 0 amide bonds. The van der Waals surface area contributed by atoms with Crippen LogP contribution in [0.1, 0.15) is 6.42 Å². The third kappa shape index (κ3) is 3.16. The lowest BCUT2D eigenvalue weighted by Gasteiger charge is -2.19. The van der Waals surface area contributed by atoms with Crippen molar-refractivity contribution in [3.63, 3.8) is 0 Å². The number of para-hydroxylation sites is 1. The molecule has 3 aromatic rings. The summed E-state index contributed by atoms with van der Waals surface area (Å²) in [5.74, 6) is -0.341. The summed E-state index contributed by atoms with van der Waals surface area (Å²) >= 11 is 1.35. The van der Waals surface area contributed by atoms with Crippen LogP contribution in [0.4, 0.5) is 11.8 Å². The fourth-order valence-corrected chi connectivity index (χ4v) is 4.41. The Bertz CT molecular complexity index is 1000. The number of fused-ring (bicyclic) bond motifs is 1. The number of anilines is 2. The highest BCUT2D eigenvalue weighted by Crippen LogP contribution is 2.34. The van der Waals surface area contributed by atoms with Gasteiger partial charge in [0.1, 0.15) is 22.5 Å². The van der Waals surface area contributed by atoms with E-state index < -0.39 is 29.7 Å². The van der Waals surface area contributed by atoms with Gasteiger partial charge in [-0.15, -0.1) is 11.3 Å². The zero-order chi connectivity index (χ0) is 19.1. The summed E-state index contributed by atoms with van der Waals surface area (Å²) in [5, 5.41) is 33.1. The fourth-order valence-electron chi connectivity index (χ4n) is 3.40. The van der Waals surface area contributed by atoms with Crippen molar-refractivity contribution >= 4 is 33.3 Å². The van der Waals surface area contributed by atoms with Crippen molar-refractivity contribution in [2.45, 2.75) is 24.7 Å². The van der Waals surface area contributed by atoms with E-state index in [-0.39, 0.29) is 23.9 Å². The first-order valence-electron chi connectivity index (χ1n) is 8.47. The van der Waals surface area contributed by atoms with E-state index in [4.69, 9.17) is 5.73 Å². The van der Waals surface area contributed by atoms with Crippen LogP contribution in [0.25, 0.3) is 20.8 Å². The number of aromatic amines is 1. The number of H-pyrrole nitrogens is 1. The first-order valence-corrected chi connectivity index (χ1v) is 9.29. The molecule has 7 N–H and O–H groups in total. The van der Waals surface area contributed by atoms with E-state index in [1.807, 2.05) is 24.3 Å². The Labute approximate surface area is 157 Å². The monoisotopic (exact) mass is 389 g/mol. The molecule has 0 unspecified atom stereocenters. The van der Waals surface area contributed by atoms with E-state index in [2.05, 4.69) is 20.3 Å². The van der Waals surface area contributed by atoms with Gasteiger partial charge in [-0.25, -0.2) is 4.98 Å². The van der Waals surface area contributed by atoms with Crippen molar-refractivity contribution in [1.82, 2.24) is 15.0 Å². The smallest absolute Gasteiger partial charge is 0.264 e. The van der Waals surface area contributed by atoms with Crippen LogP contribution in [-0.4, -0.2) is 55.1 Å². The molecular formula is C17H19N5O4S. The number of aromatic nitrogens is 3. The van der Waals surface area contributed by atoms with Gasteiger partial charge in [0.25, 0.3) is 5.56 Å². The second-order valence-corrected chi connectivity index (χ2v) is 7.60. The van der Waals surface area contributed by atoms with E-state index in [0.717, 1.165) is 10.2 Å². The van der Waals surface area contributed by atoms with Gasteiger partial charge in [-0.3, -0.25) is 9.78 Å². The summed E-state index contributed by atoms with van der Waals surface area (Å²) in [7, 11) is 0. The van der Waals surface area contributed by atoms with Crippen molar-refractivity contribution in [1.29, 1.82) is 0 Å². The Morgan fingerprint density at radius 3 is 2.74 bits per heavy atom. The van der Waals surface area contributed by atoms with E-state index in [0.29, 0.717) is 11.4 Å². The minimum atomic E-state index is -1.10. The van der Waals surface area contributed by atoms with Crippen LogP contribution in [0, 0.1) is 5.92 Å². The second-order valence-electron chi connectivity index (χ2n) is 6.57. The molecule has 0 bridgehead atoms. The molecule has 142 valence electrons. The highest BCUT2D eigenvalue weighted by atomic mass is 32.1. The highest BCUT2D eigenvalue weighted by Gasteiger charge is 2.41. The number of nitrogens with two attached hydrogens (primary N) is 1. The molecule has 1 aliphatic carbocycles. The van der Waals surface area contributed by atoms with Crippen molar-refractivity contribution in [2.24, 2.45) is 5.92 Å². The summed E-state index contributed by atoms with van der Waals surface area (Å²) in [6.07, 6.45) is -1.84. The second kappa shape index (κ2) is 6.89. The number of benzene rings is 1. The van der Waals surface area contributed by atoms with Crippen LogP contribution in [0.2, 0.25) is 0 Å². The number of hydrogen-bond acceptors (Lipinski definition) is 9. The Hall–Kier alpha value is -2.53. The SMILES string of the molecule is Nc1nc(N[C@@H]2C[C@H](CO)[C@@H](O)[C@H]2O)c(-c2nc3ccccc3s2)c(=O)[nH]1. The van der Waals surface area contributed by atoms with Gasteiger partial charge in [-0.05, 0) is 18.6 Å². The molecule has 9 nitrogen and oxygen atoms in total. The van der Waals surface area contributed by atoms with Crippen LogP contribution >= 0.6 is 11.3 Å². The van der Waals surface area contributed by atoms with E-state index in [1.165, 1.54) is 11.3 Å². The van der Waals surface area contributed by atoms with Gasteiger partial charge in [0.15, 0.2) is 0 Å². The van der Waals surface area contributed by atoms with Gasteiger partial charge in [0.05, 0.1) is 22.4 Å². The van der Waals surface area contributed by atoms with Crippen molar-refractivity contribution in [2.75, 3.05) is 17.7 Å². The molecule has 0 radical (unpaired) electrons. The maximum Gasteiger partial charge on any atom is 0.264 e. The third-order valence-electron chi connectivity index (χ3n) is 4.80. The minimum absolute atomic E-state index is 0.0703. The summed E-state index contributed by atoms with van der Waals surface area (Å²) in [6.45, 7) is -0.244. The van der Waals surface area contributed by atoms with E-state index in [9.17, 15) is 20.1 Å². The first kappa shape index (κ1) is 17.9. The molecule has 1 fully saturated rings. The predicted octanol–water partition coefficient (Wildman–Crippen LogP) is 0.143. The van der Waals surface area contributed by atoms with Gasteiger partial charge < -0.3 is 26.4 Å². The summed E-state index contributed by atoms with van der Waals surface area (Å²) < 4.78 is 0.923. The van der Waals surface area contributed by atoms with Crippen molar-refractivity contribution in [3.05, 3.63) is 34.6 Å². The molecule has 4 atom stereocenters. The van der Waals surface area contributed by atoms with Gasteiger partial charge in [-0.2, -0.15) is 4.98 Å². The molecule has 2 aromatic heterocycles. The number of hydrogen-bond donors (Lipinski definition) is 6. The Morgan fingerprint density at radius 1 is 1.26 bits per heavy atom. The lowest BCUT2D eigenvalue weighted by molar-refractivity contribution is 0.00446. The van der Waals surface area contributed by atoms with Gasteiger partial charge >= 0.3 is 0 Å². The zero-order valence-electron chi connectivity index (χ0n) is 14.2. The Balaban J connectivity index is 1.76. The number of aliphatic hydroxyl groups is 3. The quantitative estimate of drug-likeness (QED) is 0.368. The van der Waals surface area contributed by atoms with Gasteiger partial charge in [0.2, 0.25) is 5.95 Å². The Kier molecular flexibility index (Phi) is 4.56. The number of thiazole rings is 1. The number of aliphatic hydroxyl groups excluding tert-OH is 3. The van der Waals surface area contributed by atoms with Gasteiger partial charge in [-0.1, -0.05) is 12.1 Å². The summed E-state index contributed by atoms with van der Waals surface area (Å²) in [4.78, 5) is 23.7. The van der Waals surface area contributed by atoms with E-state index >= 15 is 0 Å². The van der Waals surface area contributed by atoms with Crippen LogP contribution in [0.5, 0.6) is 0 Å². The molecular weight excluding hydrogens is 370 g/mol. The van der Waals surface area contributed by atoms with Crippen LogP contribution in [0.3, 0.4) is 0 Å². The van der Waals surface area contributed by atoms with Gasteiger partial charge in [0, 0.05) is 12.5 Å². The van der Waals surface area contributed by atoms with Crippen LogP contribution < -0.4 is 16.6 Å².